The van der Waals surface area contributed by atoms with Crippen molar-refractivity contribution in [3.8, 4) is 17.2 Å². The molecule has 2 rings (SSSR count). The Kier molecular flexibility index (Phi) is 6.50. The highest BCUT2D eigenvalue weighted by Crippen LogP contribution is 2.38. The van der Waals surface area contributed by atoms with E-state index in [4.69, 9.17) is 19.3 Å². The summed E-state index contributed by atoms with van der Waals surface area (Å²) in [5.41, 5.74) is 0.920. The van der Waals surface area contributed by atoms with Gasteiger partial charge in [0.2, 0.25) is 11.7 Å². The fourth-order valence-corrected chi connectivity index (χ4v) is 3.06. The summed E-state index contributed by atoms with van der Waals surface area (Å²) in [5.74, 6) is 0.579. The van der Waals surface area contributed by atoms with Gasteiger partial charge in [-0.1, -0.05) is 0 Å². The molecule has 0 saturated carbocycles. The van der Waals surface area contributed by atoms with E-state index >= 15 is 0 Å². The van der Waals surface area contributed by atoms with Crippen LogP contribution in [0.4, 0.5) is 0 Å². The van der Waals surface area contributed by atoms with Crippen LogP contribution in [0.15, 0.2) is 12.1 Å². The Morgan fingerprint density at radius 2 is 1.64 bits per heavy atom. The van der Waals surface area contributed by atoms with Crippen molar-refractivity contribution in [3.63, 3.8) is 0 Å². The Bertz CT molecular complexity index is 597. The summed E-state index contributed by atoms with van der Waals surface area (Å²) in [5, 5.41) is 9.02. The number of likely N-dealkylation sites (tertiary alicyclic amines) is 1. The molecule has 7 nitrogen and oxygen atoms in total. The number of piperidine rings is 1. The topological polar surface area (TPSA) is 85.3 Å². The SMILES string of the molecule is COc1cc(CCC(=O)N2CCC(C(=O)O)CC2)cc(OC)c1OC. The van der Waals surface area contributed by atoms with E-state index in [2.05, 4.69) is 0 Å². The van der Waals surface area contributed by atoms with Crippen LogP contribution in [0.25, 0.3) is 0 Å². The van der Waals surface area contributed by atoms with E-state index in [0.717, 1.165) is 5.56 Å². The van der Waals surface area contributed by atoms with Crippen LogP contribution in [0.3, 0.4) is 0 Å². The number of carboxylic acids is 1. The standard InChI is InChI=1S/C18H25NO6/c1-23-14-10-12(11-15(24-2)17(14)25-3)4-5-16(20)19-8-6-13(7-9-19)18(21)22/h10-11,13H,4-9H2,1-3H3,(H,21,22). The van der Waals surface area contributed by atoms with E-state index in [0.29, 0.717) is 56.0 Å². The molecular formula is C18H25NO6. The van der Waals surface area contributed by atoms with Crippen molar-refractivity contribution in [1.82, 2.24) is 4.90 Å². The van der Waals surface area contributed by atoms with E-state index in [1.165, 1.54) is 0 Å². The number of hydrogen-bond donors (Lipinski definition) is 1. The van der Waals surface area contributed by atoms with Gasteiger partial charge in [0.25, 0.3) is 0 Å². The molecule has 25 heavy (non-hydrogen) atoms. The number of rotatable bonds is 7. The first kappa shape index (κ1) is 18.9. The molecule has 1 aliphatic heterocycles. The third kappa shape index (κ3) is 4.55. The van der Waals surface area contributed by atoms with Gasteiger partial charge in [-0.05, 0) is 37.0 Å². The molecule has 1 aromatic rings. The first-order valence-corrected chi connectivity index (χ1v) is 8.29. The minimum absolute atomic E-state index is 0.0394. The smallest absolute Gasteiger partial charge is 0.306 e. The number of carbonyl (C=O) groups is 2. The van der Waals surface area contributed by atoms with Crippen molar-refractivity contribution in [2.45, 2.75) is 25.7 Å². The fourth-order valence-electron chi connectivity index (χ4n) is 3.06. The van der Waals surface area contributed by atoms with Crippen LogP contribution in [-0.4, -0.2) is 56.3 Å². The molecule has 1 aromatic carbocycles. The quantitative estimate of drug-likeness (QED) is 0.808. The van der Waals surface area contributed by atoms with E-state index < -0.39 is 5.97 Å². The Hall–Kier alpha value is -2.44. The van der Waals surface area contributed by atoms with Crippen LogP contribution in [-0.2, 0) is 16.0 Å². The van der Waals surface area contributed by atoms with Crippen LogP contribution in [0, 0.1) is 5.92 Å². The number of aliphatic carboxylic acids is 1. The maximum absolute atomic E-state index is 12.4. The number of amides is 1. The molecule has 0 radical (unpaired) electrons. The second-order valence-corrected chi connectivity index (χ2v) is 6.03. The largest absolute Gasteiger partial charge is 0.493 e. The van der Waals surface area contributed by atoms with Crippen molar-refractivity contribution in [2.24, 2.45) is 5.92 Å². The number of ether oxygens (including phenoxy) is 3. The van der Waals surface area contributed by atoms with Gasteiger partial charge in [-0.2, -0.15) is 0 Å². The van der Waals surface area contributed by atoms with Gasteiger partial charge in [0.1, 0.15) is 0 Å². The summed E-state index contributed by atoms with van der Waals surface area (Å²) in [4.78, 5) is 25.1. The molecule has 138 valence electrons. The van der Waals surface area contributed by atoms with E-state index in [1.807, 2.05) is 12.1 Å². The van der Waals surface area contributed by atoms with Gasteiger partial charge in [0.05, 0.1) is 27.2 Å². The van der Waals surface area contributed by atoms with Gasteiger partial charge >= 0.3 is 5.97 Å². The van der Waals surface area contributed by atoms with Crippen molar-refractivity contribution >= 4 is 11.9 Å². The number of hydrogen-bond acceptors (Lipinski definition) is 5. The minimum atomic E-state index is -0.774. The maximum atomic E-state index is 12.4. The van der Waals surface area contributed by atoms with Gasteiger partial charge in [-0.25, -0.2) is 0 Å². The Morgan fingerprint density at radius 1 is 1.08 bits per heavy atom. The lowest BCUT2D eigenvalue weighted by Gasteiger charge is -2.30. The predicted octanol–water partition coefficient (Wildman–Crippen LogP) is 1.97. The minimum Gasteiger partial charge on any atom is -0.493 e. The summed E-state index contributed by atoms with van der Waals surface area (Å²) < 4.78 is 15.9. The highest BCUT2D eigenvalue weighted by Gasteiger charge is 2.26. The molecule has 1 saturated heterocycles. The number of carboxylic acid groups (broad SMARTS) is 1. The maximum Gasteiger partial charge on any atom is 0.306 e. The third-order valence-corrected chi connectivity index (χ3v) is 4.55. The fraction of sp³-hybridized carbons (Fsp3) is 0.556. The summed E-state index contributed by atoms with van der Waals surface area (Å²) >= 11 is 0. The third-order valence-electron chi connectivity index (χ3n) is 4.55. The van der Waals surface area contributed by atoms with Crippen LogP contribution in [0.2, 0.25) is 0 Å². The van der Waals surface area contributed by atoms with E-state index in [9.17, 15) is 9.59 Å². The van der Waals surface area contributed by atoms with E-state index in [-0.39, 0.29) is 11.8 Å². The molecule has 0 aromatic heterocycles. The second-order valence-electron chi connectivity index (χ2n) is 6.03. The molecule has 0 aliphatic carbocycles. The van der Waals surface area contributed by atoms with Crippen LogP contribution in [0.1, 0.15) is 24.8 Å². The first-order valence-electron chi connectivity index (χ1n) is 8.29. The lowest BCUT2D eigenvalue weighted by atomic mass is 9.96. The van der Waals surface area contributed by atoms with Gasteiger partial charge in [0, 0.05) is 19.5 Å². The van der Waals surface area contributed by atoms with Crippen molar-refractivity contribution < 1.29 is 28.9 Å². The average Bonchev–Trinajstić information content (AvgIpc) is 2.64. The summed E-state index contributed by atoms with van der Waals surface area (Å²) in [6.45, 7) is 1.01. The molecule has 1 amide bonds. The molecule has 1 N–H and O–H groups in total. The highest BCUT2D eigenvalue weighted by atomic mass is 16.5. The number of aryl methyl sites for hydroxylation is 1. The average molecular weight is 351 g/mol. The highest BCUT2D eigenvalue weighted by molar-refractivity contribution is 5.77. The van der Waals surface area contributed by atoms with Crippen molar-refractivity contribution in [1.29, 1.82) is 0 Å². The molecular weight excluding hydrogens is 326 g/mol. The number of carbonyl (C=O) groups excluding carboxylic acids is 1. The van der Waals surface area contributed by atoms with E-state index in [1.54, 1.807) is 26.2 Å². The van der Waals surface area contributed by atoms with Gasteiger partial charge in [0.15, 0.2) is 11.5 Å². The summed E-state index contributed by atoms with van der Waals surface area (Å²) in [6, 6.07) is 3.68. The zero-order valence-electron chi connectivity index (χ0n) is 14.9. The first-order chi connectivity index (χ1) is 12.0. The molecule has 1 aliphatic rings. The molecule has 0 spiro atoms. The van der Waals surface area contributed by atoms with Crippen molar-refractivity contribution in [2.75, 3.05) is 34.4 Å². The lowest BCUT2D eigenvalue weighted by Crippen LogP contribution is -2.40. The van der Waals surface area contributed by atoms with Crippen molar-refractivity contribution in [3.05, 3.63) is 17.7 Å². The zero-order chi connectivity index (χ0) is 18.4. The Morgan fingerprint density at radius 3 is 2.08 bits per heavy atom. The van der Waals surface area contributed by atoms with Crippen LogP contribution in [0.5, 0.6) is 17.2 Å². The van der Waals surface area contributed by atoms with Crippen LogP contribution >= 0.6 is 0 Å². The molecule has 7 heteroatoms. The molecule has 0 bridgehead atoms. The zero-order valence-corrected chi connectivity index (χ0v) is 14.9. The summed E-state index contributed by atoms with van der Waals surface area (Å²) in [7, 11) is 4.65. The van der Waals surface area contributed by atoms with Gasteiger partial charge < -0.3 is 24.2 Å². The van der Waals surface area contributed by atoms with Gasteiger partial charge in [-0.3, -0.25) is 9.59 Å². The molecule has 0 atom stereocenters. The van der Waals surface area contributed by atoms with Gasteiger partial charge in [-0.15, -0.1) is 0 Å². The molecule has 1 fully saturated rings. The molecule has 0 unspecified atom stereocenters. The normalized spacial score (nSPS) is 14.9. The number of methoxy groups -OCH3 is 3. The predicted molar refractivity (Wildman–Crippen MR) is 91.4 cm³/mol. The number of benzene rings is 1. The summed E-state index contributed by atoms with van der Waals surface area (Å²) in [6.07, 6.45) is 1.95. The lowest BCUT2D eigenvalue weighted by molar-refractivity contribution is -0.145. The van der Waals surface area contributed by atoms with Crippen LogP contribution < -0.4 is 14.2 Å². The Labute approximate surface area is 147 Å². The number of nitrogens with zero attached hydrogens (tertiary/aromatic N) is 1. The second kappa shape index (κ2) is 8.60. The molecule has 1 heterocycles. The monoisotopic (exact) mass is 351 g/mol. The Balaban J connectivity index is 1.97.